The summed E-state index contributed by atoms with van der Waals surface area (Å²) in [5, 5.41) is 7.50. The highest BCUT2D eigenvalue weighted by atomic mass is 16.5. The molecule has 0 atom stereocenters. The van der Waals surface area contributed by atoms with Gasteiger partial charge in [-0.1, -0.05) is 75.4 Å². The van der Waals surface area contributed by atoms with E-state index < -0.39 is 0 Å². The number of ether oxygens (including phenoxy) is 1. The van der Waals surface area contributed by atoms with Crippen molar-refractivity contribution < 1.29 is 4.74 Å². The van der Waals surface area contributed by atoms with Gasteiger partial charge in [0.2, 0.25) is 0 Å². The highest BCUT2D eigenvalue weighted by molar-refractivity contribution is 6.09. The first-order valence-corrected chi connectivity index (χ1v) is 14.9. The van der Waals surface area contributed by atoms with E-state index in [-0.39, 0.29) is 0 Å². The average Bonchev–Trinajstić information content (AvgIpc) is 3.58. The summed E-state index contributed by atoms with van der Waals surface area (Å²) < 4.78 is 10.8. The van der Waals surface area contributed by atoms with Gasteiger partial charge < -0.3 is 4.74 Å². The molecule has 0 bridgehead atoms. The van der Waals surface area contributed by atoms with Crippen LogP contribution >= 0.6 is 0 Å². The average molecular weight is 563 g/mol. The first-order valence-electron chi connectivity index (χ1n) is 14.9. The van der Waals surface area contributed by atoms with E-state index in [1.54, 1.807) is 0 Å². The molecule has 3 heterocycles. The molecule has 3 aromatic heterocycles. The molecule has 0 aliphatic rings. The predicted octanol–water partition coefficient (Wildman–Crippen LogP) is 9.82. The monoisotopic (exact) mass is 562 g/mol. The number of rotatable bonds is 7. The number of hydrogen-bond donors (Lipinski definition) is 0. The van der Waals surface area contributed by atoms with Gasteiger partial charge in [0.15, 0.2) is 0 Å². The smallest absolute Gasteiger partial charge is 0.137 e. The summed E-state index contributed by atoms with van der Waals surface area (Å²) in [6.07, 6.45) is 2.73. The normalized spacial score (nSPS) is 11.6. The molecule has 7 aromatic rings. The number of aromatic nitrogens is 4. The van der Waals surface area contributed by atoms with Gasteiger partial charge in [0, 0.05) is 34.7 Å². The van der Waals surface area contributed by atoms with Crippen LogP contribution < -0.4 is 4.74 Å². The molecule has 0 N–H and O–H groups in total. The SMILES string of the molecule is CCc1c(-c2ccccc2)c(C(C)C)nn1-c1cccc(Oc2ccc3c4ccccc4n(-c4cc(C)ccn4)c3c2)c1. The van der Waals surface area contributed by atoms with Crippen molar-refractivity contribution in [2.75, 3.05) is 0 Å². The van der Waals surface area contributed by atoms with E-state index in [1.807, 2.05) is 30.5 Å². The molecule has 4 aromatic carbocycles. The van der Waals surface area contributed by atoms with Crippen molar-refractivity contribution >= 4 is 21.8 Å². The first kappa shape index (κ1) is 26.7. The summed E-state index contributed by atoms with van der Waals surface area (Å²) in [7, 11) is 0. The van der Waals surface area contributed by atoms with Crippen molar-refractivity contribution in [2.45, 2.75) is 40.0 Å². The van der Waals surface area contributed by atoms with Crippen molar-refractivity contribution in [2.24, 2.45) is 0 Å². The Bertz CT molecular complexity index is 2090. The summed E-state index contributed by atoms with van der Waals surface area (Å²) in [6.45, 7) is 8.71. The van der Waals surface area contributed by atoms with Gasteiger partial charge in [-0.25, -0.2) is 9.67 Å². The fourth-order valence-electron chi connectivity index (χ4n) is 6.05. The molecule has 0 aliphatic heterocycles. The van der Waals surface area contributed by atoms with Crippen LogP contribution in [0.5, 0.6) is 11.5 Å². The third-order valence-electron chi connectivity index (χ3n) is 8.03. The van der Waals surface area contributed by atoms with Crippen molar-refractivity contribution in [3.63, 3.8) is 0 Å². The van der Waals surface area contributed by atoms with Gasteiger partial charge in [-0.3, -0.25) is 4.57 Å². The third kappa shape index (κ3) is 4.77. The minimum Gasteiger partial charge on any atom is -0.457 e. The minimum atomic E-state index is 0.294. The number of fused-ring (bicyclic) bond motifs is 3. The van der Waals surface area contributed by atoms with E-state index in [1.165, 1.54) is 33.2 Å². The van der Waals surface area contributed by atoms with Crippen LogP contribution in [0.4, 0.5) is 0 Å². The summed E-state index contributed by atoms with van der Waals surface area (Å²) in [5.41, 5.74) is 9.07. The van der Waals surface area contributed by atoms with Crippen molar-refractivity contribution in [1.82, 2.24) is 19.3 Å². The maximum Gasteiger partial charge on any atom is 0.137 e. The van der Waals surface area contributed by atoms with E-state index in [0.717, 1.165) is 46.2 Å². The van der Waals surface area contributed by atoms with Crippen LogP contribution in [0.25, 0.3) is 44.4 Å². The van der Waals surface area contributed by atoms with Crippen LogP contribution in [0.1, 0.15) is 43.6 Å². The molecule has 0 radical (unpaired) electrons. The number of benzene rings is 4. The number of para-hydroxylation sites is 1. The van der Waals surface area contributed by atoms with Crippen LogP contribution in [0.3, 0.4) is 0 Å². The molecule has 0 aliphatic carbocycles. The summed E-state index contributed by atoms with van der Waals surface area (Å²) in [4.78, 5) is 4.71. The van der Waals surface area contributed by atoms with Gasteiger partial charge in [0.1, 0.15) is 17.3 Å². The molecule has 5 nitrogen and oxygen atoms in total. The quantitative estimate of drug-likeness (QED) is 0.194. The second kappa shape index (κ2) is 10.9. The van der Waals surface area contributed by atoms with Gasteiger partial charge in [-0.2, -0.15) is 5.10 Å². The van der Waals surface area contributed by atoms with Gasteiger partial charge >= 0.3 is 0 Å². The van der Waals surface area contributed by atoms with E-state index >= 15 is 0 Å². The van der Waals surface area contributed by atoms with Crippen molar-refractivity contribution in [1.29, 1.82) is 0 Å². The Morgan fingerprint density at radius 2 is 1.51 bits per heavy atom. The summed E-state index contributed by atoms with van der Waals surface area (Å²) >= 11 is 0. The molecule has 7 rings (SSSR count). The Balaban J connectivity index is 1.31. The molecular weight excluding hydrogens is 528 g/mol. The number of aryl methyl sites for hydroxylation is 1. The number of hydrogen-bond acceptors (Lipinski definition) is 3. The van der Waals surface area contributed by atoms with Crippen LogP contribution in [-0.4, -0.2) is 19.3 Å². The topological polar surface area (TPSA) is 44.9 Å². The largest absolute Gasteiger partial charge is 0.457 e. The van der Waals surface area contributed by atoms with E-state index in [2.05, 4.69) is 122 Å². The first-order chi connectivity index (χ1) is 21.0. The molecule has 0 unspecified atom stereocenters. The van der Waals surface area contributed by atoms with Crippen LogP contribution in [0.15, 0.2) is 115 Å². The molecule has 0 spiro atoms. The van der Waals surface area contributed by atoms with Crippen molar-refractivity contribution in [3.05, 3.63) is 132 Å². The summed E-state index contributed by atoms with van der Waals surface area (Å²) in [5.74, 6) is 2.72. The summed E-state index contributed by atoms with van der Waals surface area (Å²) in [6, 6.07) is 37.7. The second-order valence-corrected chi connectivity index (χ2v) is 11.3. The van der Waals surface area contributed by atoms with E-state index in [4.69, 9.17) is 14.8 Å². The lowest BCUT2D eigenvalue weighted by atomic mass is 9.96. The molecule has 0 amide bonds. The maximum absolute atomic E-state index is 6.53. The number of pyridine rings is 1. The van der Waals surface area contributed by atoms with Gasteiger partial charge in [0.05, 0.1) is 28.1 Å². The Morgan fingerprint density at radius 3 is 2.30 bits per heavy atom. The Kier molecular flexibility index (Phi) is 6.78. The Morgan fingerprint density at radius 1 is 0.744 bits per heavy atom. The van der Waals surface area contributed by atoms with Crippen LogP contribution in [0, 0.1) is 6.92 Å². The lowest BCUT2D eigenvalue weighted by Gasteiger charge is -2.12. The third-order valence-corrected chi connectivity index (χ3v) is 8.03. The lowest BCUT2D eigenvalue weighted by molar-refractivity contribution is 0.482. The maximum atomic E-state index is 6.53. The van der Waals surface area contributed by atoms with Crippen LogP contribution in [-0.2, 0) is 6.42 Å². The molecule has 0 saturated carbocycles. The molecule has 0 saturated heterocycles. The van der Waals surface area contributed by atoms with E-state index in [9.17, 15) is 0 Å². The fraction of sp³-hybridized carbons (Fsp3) is 0.158. The van der Waals surface area contributed by atoms with Gasteiger partial charge in [-0.15, -0.1) is 0 Å². The molecule has 43 heavy (non-hydrogen) atoms. The number of nitrogens with zero attached hydrogens (tertiary/aromatic N) is 4. The highest BCUT2D eigenvalue weighted by Gasteiger charge is 2.21. The van der Waals surface area contributed by atoms with Gasteiger partial charge in [-0.05, 0) is 72.9 Å². The zero-order chi connectivity index (χ0) is 29.5. The van der Waals surface area contributed by atoms with Crippen LogP contribution in [0.2, 0.25) is 0 Å². The molecule has 212 valence electrons. The lowest BCUT2D eigenvalue weighted by Crippen LogP contribution is -2.02. The molecule has 0 fully saturated rings. The zero-order valence-electron chi connectivity index (χ0n) is 25.0. The van der Waals surface area contributed by atoms with Crippen molar-refractivity contribution in [3.8, 4) is 34.1 Å². The molecule has 5 heteroatoms. The van der Waals surface area contributed by atoms with E-state index in [0.29, 0.717) is 5.92 Å². The second-order valence-electron chi connectivity index (χ2n) is 11.3. The molecular formula is C38H34N4O. The predicted molar refractivity (Wildman–Crippen MR) is 176 cm³/mol. The highest BCUT2D eigenvalue weighted by Crippen LogP contribution is 2.37. The minimum absolute atomic E-state index is 0.294. The fourth-order valence-corrected chi connectivity index (χ4v) is 6.05. The zero-order valence-corrected chi connectivity index (χ0v) is 25.0. The van der Waals surface area contributed by atoms with Gasteiger partial charge in [0.25, 0.3) is 0 Å². The Labute approximate surface area is 252 Å². The Hall–Kier alpha value is -5.16. The standard InChI is InChI=1S/C38H34N4O/c1-5-33-37(27-12-7-6-8-13-27)38(25(2)3)40-42(33)28-14-11-15-29(23-28)43-30-18-19-32-31-16-9-10-17-34(31)41(35(32)24-30)36-22-26(4)20-21-39-36/h6-25H,5H2,1-4H3.